The number of nitrogens with zero attached hydrogens (tertiary/aromatic N) is 2. The molecule has 0 saturated heterocycles. The van der Waals surface area contributed by atoms with Gasteiger partial charge in [0, 0.05) is 18.4 Å². The average Bonchev–Trinajstić information content (AvgIpc) is 2.93. The fourth-order valence-corrected chi connectivity index (χ4v) is 2.50. The highest BCUT2D eigenvalue weighted by atomic mass is 16.4. The number of hydrogen-bond acceptors (Lipinski definition) is 3. The van der Waals surface area contributed by atoms with Crippen LogP contribution in [-0.2, 0) is 16.1 Å². The number of unbranched alkanes of at least 4 members (excludes halogenated alkanes) is 4. The molecule has 1 aromatic heterocycles. The van der Waals surface area contributed by atoms with Gasteiger partial charge in [0.15, 0.2) is 0 Å². The number of para-hydroxylation sites is 1. The summed E-state index contributed by atoms with van der Waals surface area (Å²) in [7, 11) is 0. The fraction of sp³-hybridized carbons (Fsp3) is 0.471. The molecular formula is C17H23N3O3. The van der Waals surface area contributed by atoms with Crippen molar-refractivity contribution in [3.05, 3.63) is 30.5 Å². The lowest BCUT2D eigenvalue weighted by atomic mass is 10.1. The lowest BCUT2D eigenvalue weighted by Crippen LogP contribution is -2.28. The molecule has 2 rings (SSSR count). The minimum atomic E-state index is -0.733. The van der Waals surface area contributed by atoms with E-state index in [9.17, 15) is 9.59 Å². The second-order valence-electron chi connectivity index (χ2n) is 5.62. The number of amides is 1. The number of aliphatic carboxylic acids is 1. The Morgan fingerprint density at radius 1 is 1.09 bits per heavy atom. The van der Waals surface area contributed by atoms with Crippen LogP contribution in [-0.4, -0.2) is 33.3 Å². The molecule has 0 fully saturated rings. The Bertz CT molecular complexity index is 651. The fourth-order valence-electron chi connectivity index (χ4n) is 2.50. The van der Waals surface area contributed by atoms with Crippen molar-refractivity contribution in [2.45, 2.75) is 45.1 Å². The van der Waals surface area contributed by atoms with Crippen molar-refractivity contribution in [3.8, 4) is 0 Å². The molecule has 2 N–H and O–H groups in total. The monoisotopic (exact) mass is 317 g/mol. The number of carboxylic acid groups (broad SMARTS) is 1. The Kier molecular flexibility index (Phi) is 6.59. The Morgan fingerprint density at radius 3 is 2.65 bits per heavy atom. The number of benzene rings is 1. The summed E-state index contributed by atoms with van der Waals surface area (Å²) < 4.78 is 1.70. The quantitative estimate of drug-likeness (QED) is 0.660. The van der Waals surface area contributed by atoms with Crippen LogP contribution < -0.4 is 5.32 Å². The molecule has 0 aliphatic rings. The summed E-state index contributed by atoms with van der Waals surface area (Å²) in [4.78, 5) is 22.3. The summed E-state index contributed by atoms with van der Waals surface area (Å²) >= 11 is 0. The van der Waals surface area contributed by atoms with E-state index in [1.54, 1.807) is 10.9 Å². The van der Waals surface area contributed by atoms with Gasteiger partial charge in [-0.15, -0.1) is 0 Å². The number of rotatable bonds is 10. The first-order chi connectivity index (χ1) is 11.2. The third-order valence-corrected chi connectivity index (χ3v) is 3.73. The molecule has 6 nitrogen and oxygen atoms in total. The van der Waals surface area contributed by atoms with E-state index < -0.39 is 5.97 Å². The van der Waals surface area contributed by atoms with Gasteiger partial charge in [-0.25, -0.2) is 0 Å². The zero-order valence-electron chi connectivity index (χ0n) is 13.2. The first kappa shape index (κ1) is 17.0. The van der Waals surface area contributed by atoms with Gasteiger partial charge in [0.2, 0.25) is 5.91 Å². The van der Waals surface area contributed by atoms with Gasteiger partial charge in [0.25, 0.3) is 0 Å². The Morgan fingerprint density at radius 2 is 1.83 bits per heavy atom. The molecule has 0 spiro atoms. The molecule has 2 aromatic rings. The molecule has 1 amide bonds. The maximum absolute atomic E-state index is 11.9. The standard InChI is InChI=1S/C17H23N3O3/c21-16(18-11-7-3-1-2-4-10-17(22)23)13-20-15-9-6-5-8-14(15)12-19-20/h5-6,8-9,12H,1-4,7,10-11,13H2,(H,18,21)(H,22,23). The second kappa shape index (κ2) is 8.92. The molecule has 23 heavy (non-hydrogen) atoms. The van der Waals surface area contributed by atoms with Gasteiger partial charge in [0.05, 0.1) is 11.7 Å². The van der Waals surface area contributed by atoms with Crippen LogP contribution in [0.4, 0.5) is 0 Å². The van der Waals surface area contributed by atoms with Crippen LogP contribution in [0.1, 0.15) is 38.5 Å². The Balaban J connectivity index is 1.59. The minimum absolute atomic E-state index is 0.0373. The van der Waals surface area contributed by atoms with Crippen molar-refractivity contribution >= 4 is 22.8 Å². The van der Waals surface area contributed by atoms with E-state index in [1.165, 1.54) is 0 Å². The maximum atomic E-state index is 11.9. The van der Waals surface area contributed by atoms with Gasteiger partial charge >= 0.3 is 5.97 Å². The van der Waals surface area contributed by atoms with Crippen LogP contribution in [0.15, 0.2) is 30.5 Å². The number of hydrogen-bond donors (Lipinski definition) is 2. The third kappa shape index (κ3) is 5.73. The Labute approximate surface area is 135 Å². The molecule has 0 saturated carbocycles. The first-order valence-corrected chi connectivity index (χ1v) is 8.06. The molecule has 124 valence electrons. The van der Waals surface area contributed by atoms with E-state index in [4.69, 9.17) is 5.11 Å². The summed E-state index contributed by atoms with van der Waals surface area (Å²) in [6.45, 7) is 0.878. The summed E-state index contributed by atoms with van der Waals surface area (Å²) in [5.74, 6) is -0.770. The van der Waals surface area contributed by atoms with Crippen molar-refractivity contribution in [1.29, 1.82) is 0 Å². The predicted octanol–water partition coefficient (Wildman–Crippen LogP) is 2.58. The van der Waals surface area contributed by atoms with Crippen molar-refractivity contribution in [3.63, 3.8) is 0 Å². The number of carbonyl (C=O) groups excluding carboxylic acids is 1. The number of aromatic nitrogens is 2. The smallest absolute Gasteiger partial charge is 0.303 e. The third-order valence-electron chi connectivity index (χ3n) is 3.73. The van der Waals surface area contributed by atoms with Gasteiger partial charge in [-0.3, -0.25) is 14.3 Å². The topological polar surface area (TPSA) is 84.2 Å². The van der Waals surface area contributed by atoms with E-state index in [2.05, 4.69) is 10.4 Å². The SMILES string of the molecule is O=C(O)CCCCCCCNC(=O)Cn1ncc2ccccc21. The highest BCUT2D eigenvalue weighted by Crippen LogP contribution is 2.12. The van der Waals surface area contributed by atoms with Crippen molar-refractivity contribution in [2.24, 2.45) is 0 Å². The van der Waals surface area contributed by atoms with Gasteiger partial charge in [-0.1, -0.05) is 37.5 Å². The van der Waals surface area contributed by atoms with Crippen molar-refractivity contribution in [1.82, 2.24) is 15.1 Å². The van der Waals surface area contributed by atoms with Gasteiger partial charge in [-0.2, -0.15) is 5.10 Å². The molecule has 0 aliphatic carbocycles. The predicted molar refractivity (Wildman–Crippen MR) is 88.1 cm³/mol. The van der Waals surface area contributed by atoms with E-state index in [0.717, 1.165) is 43.0 Å². The minimum Gasteiger partial charge on any atom is -0.481 e. The van der Waals surface area contributed by atoms with Crippen LogP contribution in [0.3, 0.4) is 0 Å². The molecule has 1 aromatic carbocycles. The molecule has 6 heteroatoms. The van der Waals surface area contributed by atoms with Crippen LogP contribution >= 0.6 is 0 Å². The summed E-state index contributed by atoms with van der Waals surface area (Å²) in [5.41, 5.74) is 0.959. The van der Waals surface area contributed by atoms with E-state index in [-0.39, 0.29) is 18.9 Å². The molecular weight excluding hydrogens is 294 g/mol. The molecule has 0 bridgehead atoms. The van der Waals surface area contributed by atoms with Crippen LogP contribution in [0.2, 0.25) is 0 Å². The van der Waals surface area contributed by atoms with Gasteiger partial charge < -0.3 is 10.4 Å². The highest BCUT2D eigenvalue weighted by Gasteiger charge is 2.06. The maximum Gasteiger partial charge on any atom is 0.303 e. The largest absolute Gasteiger partial charge is 0.481 e. The lowest BCUT2D eigenvalue weighted by Gasteiger charge is -2.06. The number of carbonyl (C=O) groups is 2. The molecule has 1 heterocycles. The number of carboxylic acids is 1. The van der Waals surface area contributed by atoms with Crippen molar-refractivity contribution < 1.29 is 14.7 Å². The average molecular weight is 317 g/mol. The van der Waals surface area contributed by atoms with Crippen LogP contribution in [0.25, 0.3) is 10.9 Å². The highest BCUT2D eigenvalue weighted by molar-refractivity contribution is 5.81. The summed E-state index contributed by atoms with van der Waals surface area (Å²) in [5, 5.41) is 16.7. The van der Waals surface area contributed by atoms with Gasteiger partial charge in [-0.05, 0) is 18.9 Å². The molecule has 0 radical (unpaired) electrons. The van der Waals surface area contributed by atoms with E-state index >= 15 is 0 Å². The van der Waals surface area contributed by atoms with E-state index in [1.807, 2.05) is 24.3 Å². The second-order valence-corrected chi connectivity index (χ2v) is 5.62. The van der Waals surface area contributed by atoms with Crippen LogP contribution in [0.5, 0.6) is 0 Å². The van der Waals surface area contributed by atoms with Crippen molar-refractivity contribution in [2.75, 3.05) is 6.54 Å². The number of fused-ring (bicyclic) bond motifs is 1. The molecule has 0 aliphatic heterocycles. The lowest BCUT2D eigenvalue weighted by molar-refractivity contribution is -0.137. The summed E-state index contributed by atoms with van der Waals surface area (Å²) in [6, 6.07) is 7.81. The zero-order valence-corrected chi connectivity index (χ0v) is 13.2. The zero-order chi connectivity index (χ0) is 16.5. The van der Waals surface area contributed by atoms with E-state index in [0.29, 0.717) is 6.54 Å². The number of nitrogens with one attached hydrogen (secondary N) is 1. The normalized spacial score (nSPS) is 10.8. The summed E-state index contributed by atoms with van der Waals surface area (Å²) in [6.07, 6.45) is 6.60. The molecule has 0 unspecified atom stereocenters. The first-order valence-electron chi connectivity index (χ1n) is 8.06. The van der Waals surface area contributed by atoms with Crippen LogP contribution in [0, 0.1) is 0 Å². The molecule has 0 atom stereocenters. The van der Waals surface area contributed by atoms with Gasteiger partial charge in [0.1, 0.15) is 6.54 Å². The Hall–Kier alpha value is -2.37.